The van der Waals surface area contributed by atoms with Crippen molar-refractivity contribution in [2.75, 3.05) is 13.2 Å². The van der Waals surface area contributed by atoms with Gasteiger partial charge in [0.05, 0.1) is 11.0 Å². The van der Waals surface area contributed by atoms with E-state index in [0.29, 0.717) is 24.9 Å². The van der Waals surface area contributed by atoms with E-state index in [-0.39, 0.29) is 17.2 Å². The summed E-state index contributed by atoms with van der Waals surface area (Å²) in [6.45, 7) is 5.24. The first kappa shape index (κ1) is 14.7. The summed E-state index contributed by atoms with van der Waals surface area (Å²) >= 11 is 0. The first-order chi connectivity index (χ1) is 9.41. The first-order valence-electron chi connectivity index (χ1n) is 6.70. The van der Waals surface area contributed by atoms with Gasteiger partial charge < -0.3 is 15.2 Å². The van der Waals surface area contributed by atoms with Gasteiger partial charge in [0.25, 0.3) is 5.69 Å². The highest BCUT2D eigenvalue weighted by Crippen LogP contribution is 2.40. The molecule has 0 heterocycles. The van der Waals surface area contributed by atoms with Gasteiger partial charge in [-0.15, -0.1) is 0 Å². The molecule has 20 heavy (non-hydrogen) atoms. The molecule has 110 valence electrons. The maximum absolute atomic E-state index is 10.5. The predicted molar refractivity (Wildman–Crippen MR) is 74.8 cm³/mol. The summed E-state index contributed by atoms with van der Waals surface area (Å²) in [5.41, 5.74) is -0.0337. The average Bonchev–Trinajstić information content (AvgIpc) is 2.42. The van der Waals surface area contributed by atoms with Crippen molar-refractivity contribution in [3.63, 3.8) is 0 Å². The quantitative estimate of drug-likeness (QED) is 0.471. The minimum atomic E-state index is -0.435. The van der Waals surface area contributed by atoms with Crippen LogP contribution in [0.15, 0.2) is 24.3 Å². The largest absolute Gasteiger partial charge is 0.492 e. The lowest BCUT2D eigenvalue weighted by Crippen LogP contribution is -2.60. The fourth-order valence-corrected chi connectivity index (χ4v) is 2.31. The summed E-state index contributed by atoms with van der Waals surface area (Å²) < 4.78 is 5.51. The molecule has 2 atom stereocenters. The number of nitrogens with one attached hydrogen (secondary N) is 1. The molecule has 1 aliphatic carbocycles. The van der Waals surface area contributed by atoms with Crippen molar-refractivity contribution in [3.8, 4) is 5.75 Å². The monoisotopic (exact) mass is 280 g/mol. The lowest BCUT2D eigenvalue weighted by atomic mass is 9.64. The van der Waals surface area contributed by atoms with E-state index in [0.717, 1.165) is 6.42 Å². The summed E-state index contributed by atoms with van der Waals surface area (Å²) in [6.07, 6.45) is 0.528. The molecule has 0 amide bonds. The third kappa shape index (κ3) is 3.08. The van der Waals surface area contributed by atoms with Crippen LogP contribution in [0.2, 0.25) is 0 Å². The normalized spacial score (nSPS) is 23.9. The Morgan fingerprint density at radius 2 is 2.10 bits per heavy atom. The molecule has 0 radical (unpaired) electrons. The Labute approximate surface area is 117 Å². The van der Waals surface area contributed by atoms with Gasteiger partial charge in [-0.25, -0.2) is 0 Å². The van der Waals surface area contributed by atoms with Crippen molar-refractivity contribution in [2.24, 2.45) is 5.41 Å². The summed E-state index contributed by atoms with van der Waals surface area (Å²) in [5.74, 6) is 0.616. The van der Waals surface area contributed by atoms with Gasteiger partial charge in [0.2, 0.25) is 0 Å². The minimum absolute atomic E-state index is 0.0562. The van der Waals surface area contributed by atoms with Gasteiger partial charge in [-0.3, -0.25) is 10.1 Å². The Morgan fingerprint density at radius 1 is 1.45 bits per heavy atom. The van der Waals surface area contributed by atoms with Gasteiger partial charge in [-0.1, -0.05) is 13.8 Å². The van der Waals surface area contributed by atoms with Crippen molar-refractivity contribution in [1.29, 1.82) is 0 Å². The van der Waals surface area contributed by atoms with Gasteiger partial charge in [0.15, 0.2) is 0 Å². The zero-order valence-electron chi connectivity index (χ0n) is 11.7. The molecule has 2 unspecified atom stereocenters. The summed E-state index contributed by atoms with van der Waals surface area (Å²) in [7, 11) is 0. The van der Waals surface area contributed by atoms with Crippen LogP contribution >= 0.6 is 0 Å². The summed E-state index contributed by atoms with van der Waals surface area (Å²) in [5, 5.41) is 23.5. The molecule has 6 nitrogen and oxygen atoms in total. The second kappa shape index (κ2) is 5.76. The van der Waals surface area contributed by atoms with Crippen LogP contribution in [0.5, 0.6) is 5.75 Å². The zero-order valence-corrected chi connectivity index (χ0v) is 11.7. The fourth-order valence-electron chi connectivity index (χ4n) is 2.31. The Kier molecular flexibility index (Phi) is 4.25. The average molecular weight is 280 g/mol. The Bertz CT molecular complexity index is 473. The highest BCUT2D eigenvalue weighted by Gasteiger charge is 2.46. The second-order valence-corrected chi connectivity index (χ2v) is 5.68. The van der Waals surface area contributed by atoms with Crippen molar-refractivity contribution in [3.05, 3.63) is 34.4 Å². The predicted octanol–water partition coefficient (Wildman–Crippen LogP) is 1.72. The van der Waals surface area contributed by atoms with Gasteiger partial charge in [-0.2, -0.15) is 0 Å². The summed E-state index contributed by atoms with van der Waals surface area (Å²) in [4.78, 5) is 10.1. The fraction of sp³-hybridized carbons (Fsp3) is 0.571. The number of aliphatic hydroxyl groups excluding tert-OH is 1. The van der Waals surface area contributed by atoms with Gasteiger partial charge in [0.1, 0.15) is 12.4 Å². The van der Waals surface area contributed by atoms with Gasteiger partial charge in [0, 0.05) is 30.1 Å². The number of non-ortho nitro benzene ring substituents is 1. The number of nitrogens with zero attached hydrogens (tertiary/aromatic N) is 1. The van der Waals surface area contributed by atoms with E-state index >= 15 is 0 Å². The van der Waals surface area contributed by atoms with E-state index < -0.39 is 4.92 Å². The van der Waals surface area contributed by atoms with Crippen LogP contribution in [0.25, 0.3) is 0 Å². The van der Waals surface area contributed by atoms with Crippen molar-refractivity contribution in [2.45, 2.75) is 32.4 Å². The van der Waals surface area contributed by atoms with Gasteiger partial charge >= 0.3 is 0 Å². The third-order valence-corrected chi connectivity index (χ3v) is 4.02. The van der Waals surface area contributed by atoms with Crippen LogP contribution in [0, 0.1) is 15.5 Å². The number of hydrogen-bond acceptors (Lipinski definition) is 5. The van der Waals surface area contributed by atoms with E-state index in [4.69, 9.17) is 4.74 Å². The zero-order chi connectivity index (χ0) is 14.8. The Morgan fingerprint density at radius 3 is 2.60 bits per heavy atom. The minimum Gasteiger partial charge on any atom is -0.492 e. The number of nitro groups is 1. The van der Waals surface area contributed by atoms with Gasteiger partial charge in [-0.05, 0) is 18.6 Å². The molecule has 1 aromatic carbocycles. The smallest absolute Gasteiger partial charge is 0.269 e. The molecule has 2 rings (SSSR count). The number of hydrogen-bond donors (Lipinski definition) is 2. The Balaban J connectivity index is 1.70. The van der Waals surface area contributed by atoms with E-state index in [9.17, 15) is 15.2 Å². The van der Waals surface area contributed by atoms with Crippen molar-refractivity contribution in [1.82, 2.24) is 5.32 Å². The molecular formula is C14H20N2O4. The summed E-state index contributed by atoms with van der Waals surface area (Å²) in [6, 6.07) is 6.34. The maximum Gasteiger partial charge on any atom is 0.269 e. The molecule has 1 fully saturated rings. The molecule has 0 bridgehead atoms. The van der Waals surface area contributed by atoms with Crippen molar-refractivity contribution >= 4 is 5.69 Å². The number of aliphatic hydroxyl groups is 1. The van der Waals surface area contributed by atoms with E-state index in [1.165, 1.54) is 12.1 Å². The standard InChI is InChI=1S/C14H20N2O4/c1-14(2)12(9-13(14)17)15-7-8-20-11-5-3-10(4-6-11)16(18)19/h3-6,12-13,15,17H,7-9H2,1-2H3. The van der Waals surface area contributed by atoms with Crippen LogP contribution in [-0.2, 0) is 0 Å². The van der Waals surface area contributed by atoms with Crippen LogP contribution < -0.4 is 10.1 Å². The second-order valence-electron chi connectivity index (χ2n) is 5.68. The Hall–Kier alpha value is -1.66. The topological polar surface area (TPSA) is 84.6 Å². The molecule has 0 aliphatic heterocycles. The van der Waals surface area contributed by atoms with Crippen LogP contribution in [0.4, 0.5) is 5.69 Å². The molecule has 1 aromatic rings. The molecule has 1 saturated carbocycles. The highest BCUT2D eigenvalue weighted by molar-refractivity contribution is 5.35. The number of rotatable bonds is 6. The number of ether oxygens (including phenoxy) is 1. The molecule has 1 aliphatic rings. The lowest BCUT2D eigenvalue weighted by molar-refractivity contribution is -0.384. The van der Waals surface area contributed by atoms with Crippen molar-refractivity contribution < 1.29 is 14.8 Å². The molecule has 0 spiro atoms. The third-order valence-electron chi connectivity index (χ3n) is 4.02. The van der Waals surface area contributed by atoms with E-state index in [2.05, 4.69) is 5.32 Å². The molecule has 0 saturated heterocycles. The molecule has 0 aromatic heterocycles. The number of nitro benzene ring substituents is 1. The van der Waals surface area contributed by atoms with Crippen LogP contribution in [0.3, 0.4) is 0 Å². The molecule has 6 heteroatoms. The first-order valence-corrected chi connectivity index (χ1v) is 6.70. The highest BCUT2D eigenvalue weighted by atomic mass is 16.6. The van der Waals surface area contributed by atoms with E-state index in [1.54, 1.807) is 12.1 Å². The van der Waals surface area contributed by atoms with E-state index in [1.807, 2.05) is 13.8 Å². The van der Waals surface area contributed by atoms with Crippen LogP contribution in [0.1, 0.15) is 20.3 Å². The lowest BCUT2D eigenvalue weighted by Gasteiger charge is -2.49. The number of benzene rings is 1. The van der Waals surface area contributed by atoms with Crippen LogP contribution in [-0.4, -0.2) is 35.3 Å². The SMILES string of the molecule is CC1(C)C(O)CC1NCCOc1ccc([N+](=O)[O-])cc1. The maximum atomic E-state index is 10.5. The molecule has 2 N–H and O–H groups in total. The molecular weight excluding hydrogens is 260 g/mol.